The third-order valence-electron chi connectivity index (χ3n) is 9.27. The predicted molar refractivity (Wildman–Crippen MR) is 167 cm³/mol. The number of pyridine rings is 1. The number of fused-ring (bicyclic) bond motifs is 7. The first kappa shape index (κ1) is 27.6. The van der Waals surface area contributed by atoms with Crippen LogP contribution in [0.4, 0.5) is 0 Å². The van der Waals surface area contributed by atoms with Crippen molar-refractivity contribution >= 4 is 11.8 Å². The van der Waals surface area contributed by atoms with Gasteiger partial charge in [0.25, 0.3) is 0 Å². The van der Waals surface area contributed by atoms with Crippen LogP contribution >= 0.6 is 11.8 Å². The molecule has 2 bridgehead atoms. The molecule has 6 heteroatoms. The molecule has 3 aliphatic rings. The number of benzene rings is 4. The van der Waals surface area contributed by atoms with Crippen molar-refractivity contribution in [3.05, 3.63) is 161 Å². The summed E-state index contributed by atoms with van der Waals surface area (Å²) in [5.41, 5.74) is 7.27. The minimum absolute atomic E-state index is 0. The van der Waals surface area contributed by atoms with Crippen LogP contribution in [0.3, 0.4) is 0 Å². The van der Waals surface area contributed by atoms with Gasteiger partial charge in [-0.25, -0.2) is 0 Å². The molecule has 0 unspecified atom stereocenters. The van der Waals surface area contributed by atoms with E-state index in [4.69, 9.17) is 14.8 Å². The van der Waals surface area contributed by atoms with Gasteiger partial charge in [0.05, 0.1) is 16.8 Å². The van der Waals surface area contributed by atoms with Crippen LogP contribution in [-0.2, 0) is 26.5 Å². The van der Waals surface area contributed by atoms with Crippen molar-refractivity contribution in [2.24, 2.45) is 0 Å². The maximum Gasteiger partial charge on any atom is 2.00 e. The van der Waals surface area contributed by atoms with Crippen LogP contribution in [0.2, 0.25) is 0 Å². The molecule has 1 aliphatic heterocycles. The van der Waals surface area contributed by atoms with Gasteiger partial charge in [-0.3, -0.25) is 9.67 Å². The molecular formula is C38H27N3OPtS. The molecule has 0 spiro atoms. The fourth-order valence-electron chi connectivity index (χ4n) is 7.43. The molecular weight excluding hydrogens is 742 g/mol. The summed E-state index contributed by atoms with van der Waals surface area (Å²) in [6, 6.07) is 42.7. The summed E-state index contributed by atoms with van der Waals surface area (Å²) in [4.78, 5) is 7.39. The molecule has 1 fully saturated rings. The Hall–Kier alpha value is -3.92. The summed E-state index contributed by atoms with van der Waals surface area (Å²) < 4.78 is 8.46. The largest absolute Gasteiger partial charge is 2.00 e. The zero-order chi connectivity index (χ0) is 28.4. The van der Waals surface area contributed by atoms with Crippen LogP contribution in [0.5, 0.6) is 11.5 Å². The number of ether oxygens (including phenoxy) is 1. The molecule has 2 atom stereocenters. The molecule has 0 amide bonds. The molecule has 216 valence electrons. The van der Waals surface area contributed by atoms with Crippen molar-refractivity contribution in [1.29, 1.82) is 0 Å². The monoisotopic (exact) mass is 768 g/mol. The molecule has 2 aliphatic carbocycles. The molecule has 6 aromatic rings. The topological polar surface area (TPSA) is 39.9 Å². The van der Waals surface area contributed by atoms with E-state index in [0.29, 0.717) is 23.3 Å². The summed E-state index contributed by atoms with van der Waals surface area (Å²) >= 11 is 1.81. The van der Waals surface area contributed by atoms with E-state index < -0.39 is 5.41 Å². The van der Waals surface area contributed by atoms with Crippen molar-refractivity contribution in [2.75, 3.05) is 0 Å². The van der Waals surface area contributed by atoms with Gasteiger partial charge < -0.3 is 4.74 Å². The van der Waals surface area contributed by atoms with Gasteiger partial charge in [0, 0.05) is 39.6 Å². The normalized spacial score (nSPS) is 18.5. The molecule has 44 heavy (non-hydrogen) atoms. The minimum atomic E-state index is -0.653. The third kappa shape index (κ3) is 4.24. The summed E-state index contributed by atoms with van der Waals surface area (Å²) in [5, 5.41) is 4.97. The quantitative estimate of drug-likeness (QED) is 0.164. The number of rotatable bonds is 5. The first-order valence-corrected chi connectivity index (χ1v) is 15.7. The Morgan fingerprint density at radius 1 is 0.750 bits per heavy atom. The average Bonchev–Trinajstić information content (AvgIpc) is 3.80. The Balaban J connectivity index is 0.00000289. The van der Waals surface area contributed by atoms with Gasteiger partial charge in [0.15, 0.2) is 0 Å². The third-order valence-corrected chi connectivity index (χ3v) is 10.4. The van der Waals surface area contributed by atoms with Crippen molar-refractivity contribution in [2.45, 2.75) is 46.3 Å². The smallest absolute Gasteiger partial charge is 0.509 e. The van der Waals surface area contributed by atoms with Crippen LogP contribution in [-0.4, -0.2) is 14.8 Å². The summed E-state index contributed by atoms with van der Waals surface area (Å²) in [7, 11) is 0. The number of aromatic nitrogens is 3. The van der Waals surface area contributed by atoms with E-state index in [1.807, 2.05) is 41.2 Å². The Morgan fingerprint density at radius 2 is 1.45 bits per heavy atom. The maximum atomic E-state index is 6.48. The van der Waals surface area contributed by atoms with Crippen molar-refractivity contribution in [1.82, 2.24) is 14.8 Å². The van der Waals surface area contributed by atoms with E-state index >= 15 is 0 Å². The maximum absolute atomic E-state index is 6.48. The van der Waals surface area contributed by atoms with E-state index in [-0.39, 0.29) is 21.1 Å². The standard InChI is InChI=1S/C38H27N3OS.Pt/c1-3-15-34-32(13-1)38(36-17-5-6-20-39-36,33-14-2-4-16-35(33)43-34)27-9-7-11-29(22-27)42-30-12-8-10-28(23-30)41-24-31-25-18-19-26(21-25)37(31)40-41;/h1-17,20,24-26H,18-19,21H2;/q-2;+2/t25-,26+;/m0./s1. The van der Waals surface area contributed by atoms with E-state index in [0.717, 1.165) is 16.9 Å². The summed E-state index contributed by atoms with van der Waals surface area (Å²) in [6.45, 7) is 0. The van der Waals surface area contributed by atoms with Crippen LogP contribution in [0.15, 0.2) is 125 Å². The second-order valence-electron chi connectivity index (χ2n) is 11.6. The van der Waals surface area contributed by atoms with Crippen LogP contribution < -0.4 is 4.74 Å². The van der Waals surface area contributed by atoms with Crippen LogP contribution in [0.1, 0.15) is 64.7 Å². The molecule has 3 heterocycles. The molecule has 0 N–H and O–H groups in total. The minimum Gasteiger partial charge on any atom is -0.509 e. The number of nitrogens with zero attached hydrogens (tertiary/aromatic N) is 3. The van der Waals surface area contributed by atoms with E-state index in [9.17, 15) is 0 Å². The SMILES string of the molecule is [Pt+2].[c-]1c(Oc2[c-]c(C3(c4ccccn4)c4ccccc4Sc4ccccc43)ccc2)cccc1-n1cc2c(n1)[C@@H]1CC[C@H]2C1. The Labute approximate surface area is 275 Å². The average molecular weight is 769 g/mol. The molecule has 9 rings (SSSR count). The van der Waals surface area contributed by atoms with Gasteiger partial charge in [-0.15, -0.1) is 35.9 Å². The van der Waals surface area contributed by atoms with Crippen molar-refractivity contribution < 1.29 is 25.8 Å². The van der Waals surface area contributed by atoms with Crippen molar-refractivity contribution in [3.8, 4) is 17.2 Å². The van der Waals surface area contributed by atoms with E-state index in [1.165, 1.54) is 51.4 Å². The predicted octanol–water partition coefficient (Wildman–Crippen LogP) is 8.87. The second-order valence-corrected chi connectivity index (χ2v) is 12.7. The Bertz CT molecular complexity index is 1930. The fourth-order valence-corrected chi connectivity index (χ4v) is 8.62. The first-order chi connectivity index (χ1) is 21.3. The second kappa shape index (κ2) is 10.9. The molecule has 0 radical (unpaired) electrons. The van der Waals surface area contributed by atoms with Crippen LogP contribution in [0.25, 0.3) is 5.69 Å². The zero-order valence-electron chi connectivity index (χ0n) is 23.7. The molecule has 0 saturated heterocycles. The van der Waals surface area contributed by atoms with Crippen molar-refractivity contribution in [3.63, 3.8) is 0 Å². The van der Waals surface area contributed by atoms with Crippen LogP contribution in [0, 0.1) is 12.1 Å². The number of hydrogen-bond donors (Lipinski definition) is 0. The summed E-state index contributed by atoms with van der Waals surface area (Å²) in [6.07, 6.45) is 7.90. The zero-order valence-corrected chi connectivity index (χ0v) is 26.8. The van der Waals surface area contributed by atoms with Gasteiger partial charge in [0.2, 0.25) is 0 Å². The van der Waals surface area contributed by atoms with E-state index in [2.05, 4.69) is 91.1 Å². The van der Waals surface area contributed by atoms with Gasteiger partial charge >= 0.3 is 21.1 Å². The van der Waals surface area contributed by atoms with Gasteiger partial charge in [-0.2, -0.15) is 23.3 Å². The first-order valence-electron chi connectivity index (χ1n) is 14.9. The number of hydrogen-bond acceptors (Lipinski definition) is 4. The Kier molecular flexibility index (Phi) is 6.84. The van der Waals surface area contributed by atoms with Gasteiger partial charge in [-0.1, -0.05) is 54.2 Å². The molecule has 2 aromatic heterocycles. The van der Waals surface area contributed by atoms with E-state index in [1.54, 1.807) is 11.8 Å². The molecule has 4 aromatic carbocycles. The molecule has 1 saturated carbocycles. The van der Waals surface area contributed by atoms with Gasteiger partial charge in [0.1, 0.15) is 0 Å². The van der Waals surface area contributed by atoms with Gasteiger partial charge in [-0.05, 0) is 71.8 Å². The fraction of sp³-hybridized carbons (Fsp3) is 0.158. The summed E-state index contributed by atoms with van der Waals surface area (Å²) in [5.74, 6) is 2.56. The Morgan fingerprint density at radius 3 is 2.20 bits per heavy atom. The molecule has 4 nitrogen and oxygen atoms in total.